The third kappa shape index (κ3) is 5.79. The van der Waals surface area contributed by atoms with Gasteiger partial charge in [0.05, 0.1) is 13.2 Å². The van der Waals surface area contributed by atoms with Crippen molar-refractivity contribution >= 4 is 5.91 Å². The van der Waals surface area contributed by atoms with E-state index in [4.69, 9.17) is 4.74 Å². The van der Waals surface area contributed by atoms with Crippen LogP contribution in [0, 0.1) is 0 Å². The van der Waals surface area contributed by atoms with Crippen LogP contribution in [0.3, 0.4) is 0 Å². The first-order valence-corrected chi connectivity index (χ1v) is 9.82. The average molecular weight is 367 g/mol. The first-order chi connectivity index (χ1) is 13.3. The molecule has 27 heavy (non-hydrogen) atoms. The lowest BCUT2D eigenvalue weighted by Crippen LogP contribution is -2.34. The topological polar surface area (TPSA) is 54.5 Å². The molecule has 144 valence electrons. The van der Waals surface area contributed by atoms with Crippen molar-refractivity contribution in [2.24, 2.45) is 0 Å². The minimum Gasteiger partial charge on any atom is -0.497 e. The van der Waals surface area contributed by atoms with Gasteiger partial charge in [0, 0.05) is 25.4 Å². The summed E-state index contributed by atoms with van der Waals surface area (Å²) < 4.78 is 5.25. The number of carbonyl (C=O) groups excluding carboxylic acids is 1. The number of hydrogen-bond donors (Lipinski definition) is 1. The second kappa shape index (κ2) is 10.1. The first kappa shape index (κ1) is 19.4. The molecule has 5 nitrogen and oxygen atoms in total. The number of nitrogens with zero attached hydrogens (tertiary/aromatic N) is 2. The number of likely N-dealkylation sites (tertiary alicyclic amines) is 1. The second-order valence-corrected chi connectivity index (χ2v) is 7.06. The minimum atomic E-state index is -0.185. The molecule has 0 radical (unpaired) electrons. The van der Waals surface area contributed by atoms with Crippen LogP contribution in [0.5, 0.6) is 5.75 Å². The van der Waals surface area contributed by atoms with Gasteiger partial charge in [0.2, 0.25) is 5.91 Å². The Kier molecular flexibility index (Phi) is 7.22. The van der Waals surface area contributed by atoms with Gasteiger partial charge in [-0.2, -0.15) is 0 Å². The normalized spacial score (nSPS) is 16.3. The molecular formula is C22H29N3O2. The van der Waals surface area contributed by atoms with Crippen molar-refractivity contribution in [1.29, 1.82) is 0 Å². The number of benzene rings is 1. The summed E-state index contributed by atoms with van der Waals surface area (Å²) in [6.45, 7) is 3.05. The molecular weight excluding hydrogens is 338 g/mol. The highest BCUT2D eigenvalue weighted by Gasteiger charge is 2.18. The third-order valence-corrected chi connectivity index (χ3v) is 5.15. The zero-order valence-electron chi connectivity index (χ0n) is 16.1. The molecule has 1 aromatic heterocycles. The Labute approximate surface area is 161 Å². The average Bonchev–Trinajstić information content (AvgIpc) is 3.00. The quantitative estimate of drug-likeness (QED) is 0.813. The molecule has 2 aromatic rings. The van der Waals surface area contributed by atoms with Crippen molar-refractivity contribution in [3.63, 3.8) is 0 Å². The molecule has 1 amide bonds. The maximum Gasteiger partial charge on any atom is 0.222 e. The van der Waals surface area contributed by atoms with Crippen LogP contribution in [-0.4, -0.2) is 42.5 Å². The monoisotopic (exact) mass is 367 g/mol. The number of carbonyl (C=O) groups is 1. The predicted molar refractivity (Wildman–Crippen MR) is 107 cm³/mol. The largest absolute Gasteiger partial charge is 0.497 e. The summed E-state index contributed by atoms with van der Waals surface area (Å²) in [7, 11) is 1.65. The maximum atomic E-state index is 12.7. The van der Waals surface area contributed by atoms with Crippen LogP contribution in [-0.2, 0) is 4.79 Å². The number of methoxy groups -OCH3 is 1. The highest BCUT2D eigenvalue weighted by Crippen LogP contribution is 2.24. The van der Waals surface area contributed by atoms with Crippen molar-refractivity contribution in [3.8, 4) is 5.75 Å². The zero-order chi connectivity index (χ0) is 18.9. The van der Waals surface area contributed by atoms with E-state index in [0.29, 0.717) is 6.42 Å². The van der Waals surface area contributed by atoms with Crippen molar-refractivity contribution in [2.45, 2.75) is 38.1 Å². The van der Waals surface area contributed by atoms with Gasteiger partial charge in [-0.15, -0.1) is 0 Å². The minimum absolute atomic E-state index is 0.0804. The second-order valence-electron chi connectivity index (χ2n) is 7.06. The molecule has 0 saturated carbocycles. The van der Waals surface area contributed by atoms with Crippen LogP contribution in [0.25, 0.3) is 0 Å². The number of rotatable bonds is 7. The fraction of sp³-hybridized carbons (Fsp3) is 0.455. The van der Waals surface area contributed by atoms with Crippen LogP contribution in [0.15, 0.2) is 48.8 Å². The summed E-state index contributed by atoms with van der Waals surface area (Å²) in [4.78, 5) is 19.2. The zero-order valence-corrected chi connectivity index (χ0v) is 16.1. The summed E-state index contributed by atoms with van der Waals surface area (Å²) in [6.07, 6.45) is 9.15. The highest BCUT2D eigenvalue weighted by molar-refractivity contribution is 5.77. The summed E-state index contributed by atoms with van der Waals surface area (Å²) >= 11 is 0. The molecule has 0 aliphatic carbocycles. The standard InChI is InChI=1S/C22H29N3O2/c1-27-20-8-6-18(7-9-20)22(19-10-13-23-14-11-19)24-21(26)12-17-25-15-4-2-3-5-16-25/h6-11,13-14,22H,2-5,12,15-17H2,1H3,(H,24,26)/t22-/m0/s1. The number of amides is 1. The van der Waals surface area contributed by atoms with Crippen molar-refractivity contribution in [2.75, 3.05) is 26.7 Å². The molecule has 1 fully saturated rings. The lowest BCUT2D eigenvalue weighted by molar-refractivity contribution is -0.121. The number of hydrogen-bond acceptors (Lipinski definition) is 4. The summed E-state index contributed by atoms with van der Waals surface area (Å²) in [6, 6.07) is 11.6. The van der Waals surface area contributed by atoms with Gasteiger partial charge in [0.15, 0.2) is 0 Å². The number of aromatic nitrogens is 1. The van der Waals surface area contributed by atoms with Crippen molar-refractivity contribution < 1.29 is 9.53 Å². The summed E-state index contributed by atoms with van der Waals surface area (Å²) in [5, 5.41) is 3.21. The molecule has 2 heterocycles. The van der Waals surface area contributed by atoms with E-state index in [0.717, 1.165) is 36.5 Å². The van der Waals surface area contributed by atoms with E-state index in [9.17, 15) is 4.79 Å². The van der Waals surface area contributed by atoms with Gasteiger partial charge in [0.1, 0.15) is 5.75 Å². The molecule has 3 rings (SSSR count). The van der Waals surface area contributed by atoms with Gasteiger partial charge in [-0.3, -0.25) is 9.78 Å². The molecule has 0 bridgehead atoms. The van der Waals surface area contributed by atoms with Gasteiger partial charge in [-0.05, 0) is 61.3 Å². The molecule has 1 aliphatic rings. The van der Waals surface area contributed by atoms with Gasteiger partial charge in [-0.25, -0.2) is 0 Å². The van der Waals surface area contributed by atoms with Gasteiger partial charge < -0.3 is 15.0 Å². The molecule has 1 saturated heterocycles. The predicted octanol–water partition coefficient (Wildman–Crippen LogP) is 3.56. The first-order valence-electron chi connectivity index (χ1n) is 9.82. The maximum absolute atomic E-state index is 12.7. The Bertz CT molecular complexity index is 695. The van der Waals surface area contributed by atoms with E-state index in [1.807, 2.05) is 36.4 Å². The molecule has 1 N–H and O–H groups in total. The van der Waals surface area contributed by atoms with Gasteiger partial charge in [0.25, 0.3) is 0 Å². The third-order valence-electron chi connectivity index (χ3n) is 5.15. The number of ether oxygens (including phenoxy) is 1. The van der Waals surface area contributed by atoms with E-state index in [-0.39, 0.29) is 11.9 Å². The van der Waals surface area contributed by atoms with E-state index >= 15 is 0 Å². The Morgan fingerprint density at radius 3 is 2.30 bits per heavy atom. The number of nitrogens with one attached hydrogen (secondary N) is 1. The van der Waals surface area contributed by atoms with Crippen LogP contribution >= 0.6 is 0 Å². The van der Waals surface area contributed by atoms with E-state index in [2.05, 4.69) is 15.2 Å². The summed E-state index contributed by atoms with van der Waals surface area (Å²) in [5.74, 6) is 0.886. The molecule has 0 spiro atoms. The molecule has 0 unspecified atom stereocenters. The number of pyridine rings is 1. The van der Waals surface area contributed by atoms with E-state index in [1.165, 1.54) is 25.7 Å². The van der Waals surface area contributed by atoms with Crippen LogP contribution in [0.2, 0.25) is 0 Å². The SMILES string of the molecule is COc1ccc([C@H](NC(=O)CCN2CCCCCC2)c2ccncc2)cc1. The van der Waals surface area contributed by atoms with E-state index in [1.54, 1.807) is 19.5 Å². The Morgan fingerprint density at radius 2 is 1.67 bits per heavy atom. The fourth-order valence-corrected chi connectivity index (χ4v) is 3.56. The Balaban J connectivity index is 1.66. The van der Waals surface area contributed by atoms with Gasteiger partial charge in [-0.1, -0.05) is 25.0 Å². The Hall–Kier alpha value is -2.40. The van der Waals surface area contributed by atoms with E-state index < -0.39 is 0 Å². The molecule has 1 aliphatic heterocycles. The summed E-state index contributed by atoms with van der Waals surface area (Å²) in [5.41, 5.74) is 2.06. The molecule has 1 atom stereocenters. The van der Waals surface area contributed by atoms with Crippen molar-refractivity contribution in [1.82, 2.24) is 15.2 Å². The Morgan fingerprint density at radius 1 is 1.04 bits per heavy atom. The van der Waals surface area contributed by atoms with Crippen LogP contribution in [0.4, 0.5) is 0 Å². The van der Waals surface area contributed by atoms with Crippen molar-refractivity contribution in [3.05, 3.63) is 59.9 Å². The van der Waals surface area contributed by atoms with Crippen LogP contribution < -0.4 is 10.1 Å². The lowest BCUT2D eigenvalue weighted by Gasteiger charge is -2.22. The lowest BCUT2D eigenvalue weighted by atomic mass is 9.99. The fourth-order valence-electron chi connectivity index (χ4n) is 3.56. The molecule has 1 aromatic carbocycles. The smallest absolute Gasteiger partial charge is 0.222 e. The van der Waals surface area contributed by atoms with Gasteiger partial charge >= 0.3 is 0 Å². The molecule has 5 heteroatoms. The highest BCUT2D eigenvalue weighted by atomic mass is 16.5. The van der Waals surface area contributed by atoms with Crippen LogP contribution in [0.1, 0.15) is 49.3 Å².